The summed E-state index contributed by atoms with van der Waals surface area (Å²) < 4.78 is 5.70. The first-order valence-corrected chi connectivity index (χ1v) is 11.1. The number of para-hydroxylation sites is 1. The molecule has 2 aliphatic heterocycles. The quantitative estimate of drug-likeness (QED) is 0.624. The number of nitrogens with one attached hydrogen (secondary N) is 1. The lowest BCUT2D eigenvalue weighted by molar-refractivity contribution is 0.0598. The standard InChI is InChI=1S/C24H26N4O4/c29-20(18-13-19(25-15-18)23(30)27-7-3-4-8-27)16-26-9-11-28(12-10-26)24(31)22-14-17-5-1-2-6-21(17)32-22/h1-2,5-6,13-15,25H,3-4,7-12,16H2. The van der Waals surface area contributed by atoms with Gasteiger partial charge in [-0.1, -0.05) is 18.2 Å². The highest BCUT2D eigenvalue weighted by Crippen LogP contribution is 2.21. The lowest BCUT2D eigenvalue weighted by atomic mass is 10.1. The number of nitrogens with zero attached hydrogens (tertiary/aromatic N) is 3. The van der Waals surface area contributed by atoms with E-state index < -0.39 is 0 Å². The number of hydrogen-bond donors (Lipinski definition) is 1. The van der Waals surface area contributed by atoms with Gasteiger partial charge in [0.1, 0.15) is 11.3 Å². The molecule has 4 heterocycles. The van der Waals surface area contributed by atoms with Gasteiger partial charge in [-0.05, 0) is 31.0 Å². The van der Waals surface area contributed by atoms with E-state index in [0.29, 0.717) is 48.8 Å². The van der Waals surface area contributed by atoms with Crippen LogP contribution in [0.2, 0.25) is 0 Å². The van der Waals surface area contributed by atoms with Crippen LogP contribution < -0.4 is 0 Å². The van der Waals surface area contributed by atoms with E-state index in [1.165, 1.54) is 0 Å². The first kappa shape index (κ1) is 20.5. The summed E-state index contributed by atoms with van der Waals surface area (Å²) in [4.78, 5) is 46.6. The predicted molar refractivity (Wildman–Crippen MR) is 119 cm³/mol. The number of rotatable bonds is 5. The van der Waals surface area contributed by atoms with Crippen LogP contribution in [0.25, 0.3) is 11.0 Å². The van der Waals surface area contributed by atoms with E-state index in [1.54, 1.807) is 23.2 Å². The fourth-order valence-corrected chi connectivity index (χ4v) is 4.42. The Morgan fingerprint density at radius 1 is 0.875 bits per heavy atom. The molecule has 5 rings (SSSR count). The Bertz CT molecular complexity index is 1120. The van der Waals surface area contributed by atoms with Crippen molar-refractivity contribution in [3.05, 3.63) is 59.6 Å². The van der Waals surface area contributed by atoms with Crippen molar-refractivity contribution in [3.8, 4) is 0 Å². The van der Waals surface area contributed by atoms with E-state index in [1.807, 2.05) is 34.1 Å². The smallest absolute Gasteiger partial charge is 0.289 e. The number of furan rings is 1. The molecule has 2 fully saturated rings. The van der Waals surface area contributed by atoms with Gasteiger partial charge in [-0.15, -0.1) is 0 Å². The number of benzene rings is 1. The third kappa shape index (κ3) is 4.05. The summed E-state index contributed by atoms with van der Waals surface area (Å²) in [5.74, 6) is 0.152. The number of fused-ring (bicyclic) bond motifs is 1. The van der Waals surface area contributed by atoms with Crippen molar-refractivity contribution in [2.45, 2.75) is 12.8 Å². The number of Topliss-reactive ketones (excluding diaryl/α,β-unsaturated/α-hetero) is 1. The zero-order valence-electron chi connectivity index (χ0n) is 17.9. The SMILES string of the molecule is O=C(CN1CCN(C(=O)c2cc3ccccc3o2)CC1)c1c[nH]c(C(=O)N2CCCC2)c1. The molecule has 2 saturated heterocycles. The molecule has 0 bridgehead atoms. The maximum absolute atomic E-state index is 12.8. The van der Waals surface area contributed by atoms with Gasteiger partial charge in [0.05, 0.1) is 6.54 Å². The Morgan fingerprint density at radius 2 is 1.59 bits per heavy atom. The number of ketones is 1. The third-order valence-corrected chi connectivity index (χ3v) is 6.29. The van der Waals surface area contributed by atoms with Crippen molar-refractivity contribution in [2.24, 2.45) is 0 Å². The van der Waals surface area contributed by atoms with Gasteiger partial charge >= 0.3 is 0 Å². The molecular formula is C24H26N4O4. The van der Waals surface area contributed by atoms with Crippen molar-refractivity contribution >= 4 is 28.6 Å². The summed E-state index contributed by atoms with van der Waals surface area (Å²) in [7, 11) is 0. The van der Waals surface area contributed by atoms with Crippen LogP contribution in [0.15, 0.2) is 47.0 Å². The minimum atomic E-state index is -0.122. The van der Waals surface area contributed by atoms with Gasteiger partial charge in [-0.25, -0.2) is 0 Å². The average molecular weight is 434 g/mol. The van der Waals surface area contributed by atoms with Crippen LogP contribution in [-0.2, 0) is 0 Å². The van der Waals surface area contributed by atoms with Gasteiger partial charge in [0.25, 0.3) is 11.8 Å². The number of aromatic nitrogens is 1. The molecule has 8 nitrogen and oxygen atoms in total. The van der Waals surface area contributed by atoms with Crippen molar-refractivity contribution in [1.82, 2.24) is 19.7 Å². The van der Waals surface area contributed by atoms with Crippen LogP contribution in [0.4, 0.5) is 0 Å². The average Bonchev–Trinajstić information content (AvgIpc) is 3.59. The first-order chi connectivity index (χ1) is 15.6. The summed E-state index contributed by atoms with van der Waals surface area (Å²) in [6, 6.07) is 11.0. The molecular weight excluding hydrogens is 408 g/mol. The van der Waals surface area contributed by atoms with Crippen LogP contribution >= 0.6 is 0 Å². The second-order valence-corrected chi connectivity index (χ2v) is 8.44. The minimum absolute atomic E-state index is 0.0289. The zero-order valence-corrected chi connectivity index (χ0v) is 17.9. The summed E-state index contributed by atoms with van der Waals surface area (Å²) in [5, 5.41) is 0.911. The van der Waals surface area contributed by atoms with Gasteiger partial charge in [0, 0.05) is 56.4 Å². The second-order valence-electron chi connectivity index (χ2n) is 8.44. The summed E-state index contributed by atoms with van der Waals surface area (Å²) in [6.07, 6.45) is 3.68. The molecule has 0 saturated carbocycles. The van der Waals surface area contributed by atoms with E-state index >= 15 is 0 Å². The molecule has 0 unspecified atom stereocenters. The van der Waals surface area contributed by atoms with Crippen LogP contribution in [0.3, 0.4) is 0 Å². The van der Waals surface area contributed by atoms with Gasteiger partial charge in [-0.2, -0.15) is 0 Å². The minimum Gasteiger partial charge on any atom is -0.451 e. The van der Waals surface area contributed by atoms with Crippen LogP contribution in [-0.4, -0.2) is 83.1 Å². The molecule has 2 aliphatic rings. The van der Waals surface area contributed by atoms with Crippen LogP contribution in [0.1, 0.15) is 44.2 Å². The predicted octanol–water partition coefficient (Wildman–Crippen LogP) is 2.64. The van der Waals surface area contributed by atoms with Gasteiger partial charge in [0.15, 0.2) is 11.5 Å². The number of piperazine rings is 1. The molecule has 1 aromatic carbocycles. The molecule has 32 heavy (non-hydrogen) atoms. The Labute approximate surface area is 185 Å². The fraction of sp³-hybridized carbons (Fsp3) is 0.375. The lowest BCUT2D eigenvalue weighted by Gasteiger charge is -2.33. The number of carbonyl (C=O) groups excluding carboxylic acids is 3. The maximum atomic E-state index is 12.8. The molecule has 2 amide bonds. The van der Waals surface area contributed by atoms with Crippen molar-refractivity contribution in [1.29, 1.82) is 0 Å². The number of amides is 2. The second kappa shape index (κ2) is 8.63. The highest BCUT2D eigenvalue weighted by molar-refractivity contribution is 6.01. The normalized spacial score (nSPS) is 17.2. The molecule has 0 atom stereocenters. The topological polar surface area (TPSA) is 89.9 Å². The zero-order chi connectivity index (χ0) is 22.1. The highest BCUT2D eigenvalue weighted by Gasteiger charge is 2.26. The van der Waals surface area contributed by atoms with Gasteiger partial charge < -0.3 is 19.2 Å². The lowest BCUT2D eigenvalue weighted by Crippen LogP contribution is -2.49. The summed E-state index contributed by atoms with van der Waals surface area (Å²) in [6.45, 7) is 4.12. The molecule has 0 radical (unpaired) electrons. The molecule has 8 heteroatoms. The number of carbonyl (C=O) groups is 3. The van der Waals surface area contributed by atoms with Crippen LogP contribution in [0, 0.1) is 0 Å². The maximum Gasteiger partial charge on any atom is 0.289 e. The monoisotopic (exact) mass is 434 g/mol. The fourth-order valence-electron chi connectivity index (χ4n) is 4.42. The van der Waals surface area contributed by atoms with Crippen molar-refractivity contribution in [3.63, 3.8) is 0 Å². The molecule has 166 valence electrons. The number of H-pyrrole nitrogens is 1. The summed E-state index contributed by atoms with van der Waals surface area (Å²) >= 11 is 0. The molecule has 3 aromatic rings. The molecule has 2 aromatic heterocycles. The third-order valence-electron chi connectivity index (χ3n) is 6.29. The Kier molecular flexibility index (Phi) is 5.53. The number of hydrogen-bond acceptors (Lipinski definition) is 5. The molecule has 1 N–H and O–H groups in total. The Hall–Kier alpha value is -3.39. The van der Waals surface area contributed by atoms with Crippen molar-refractivity contribution in [2.75, 3.05) is 45.8 Å². The van der Waals surface area contributed by atoms with Gasteiger partial charge in [0.2, 0.25) is 0 Å². The Morgan fingerprint density at radius 3 is 2.34 bits per heavy atom. The summed E-state index contributed by atoms with van der Waals surface area (Å²) in [5.41, 5.74) is 1.69. The number of aromatic amines is 1. The largest absolute Gasteiger partial charge is 0.451 e. The van der Waals surface area contributed by atoms with Crippen molar-refractivity contribution < 1.29 is 18.8 Å². The Balaban J connectivity index is 1.15. The molecule has 0 spiro atoms. The molecule has 0 aliphatic carbocycles. The number of likely N-dealkylation sites (tertiary alicyclic amines) is 1. The van der Waals surface area contributed by atoms with Crippen LogP contribution in [0.5, 0.6) is 0 Å². The first-order valence-electron chi connectivity index (χ1n) is 11.1. The van der Waals surface area contributed by atoms with E-state index in [-0.39, 0.29) is 24.1 Å². The van der Waals surface area contributed by atoms with E-state index in [4.69, 9.17) is 4.42 Å². The highest BCUT2D eigenvalue weighted by atomic mass is 16.3. The van der Waals surface area contributed by atoms with E-state index in [9.17, 15) is 14.4 Å². The van der Waals surface area contributed by atoms with Gasteiger partial charge in [-0.3, -0.25) is 19.3 Å². The van der Waals surface area contributed by atoms with E-state index in [0.717, 1.165) is 31.3 Å². The van der Waals surface area contributed by atoms with E-state index in [2.05, 4.69) is 4.98 Å².